The van der Waals surface area contributed by atoms with Gasteiger partial charge in [0.15, 0.2) is 0 Å². The predicted molar refractivity (Wildman–Crippen MR) is 108 cm³/mol. The third kappa shape index (κ3) is 5.41. The van der Waals surface area contributed by atoms with Gasteiger partial charge in [0.2, 0.25) is 0 Å². The van der Waals surface area contributed by atoms with Crippen LogP contribution in [0.1, 0.15) is 65.7 Å². The summed E-state index contributed by atoms with van der Waals surface area (Å²) in [5.74, 6) is 7.36. The molecule has 0 heterocycles. The summed E-state index contributed by atoms with van der Waals surface area (Å²) in [5, 5.41) is 0. The van der Waals surface area contributed by atoms with Gasteiger partial charge in [-0.2, -0.15) is 0 Å². The topological polar surface area (TPSA) is 27.7 Å². The predicted octanol–water partition coefficient (Wildman–Crippen LogP) is 6.55. The Morgan fingerprint density at radius 2 is 1.28 bits per heavy atom. The summed E-state index contributed by atoms with van der Waals surface area (Å²) in [5.41, 5.74) is 0. The van der Waals surface area contributed by atoms with Crippen LogP contribution in [-0.2, 0) is 26.0 Å². The first-order valence-electron chi connectivity index (χ1n) is 10.3. The van der Waals surface area contributed by atoms with Gasteiger partial charge in [-0.15, -0.1) is 0 Å². The molecule has 25 heavy (non-hydrogen) atoms. The Hall–Kier alpha value is 0.786. The van der Waals surface area contributed by atoms with Crippen molar-refractivity contribution >= 4 is 9.48 Å². The minimum absolute atomic E-state index is 0.778. The first kappa shape index (κ1) is 23.8. The second-order valence-electron chi connectivity index (χ2n) is 8.17. The Kier molecular flexibility index (Phi) is 10.4. The van der Waals surface area contributed by atoms with Gasteiger partial charge >= 0.3 is 160 Å². The monoisotopic (exact) mass is 493 g/mol. The fourth-order valence-electron chi connectivity index (χ4n) is 3.51. The van der Waals surface area contributed by atoms with Crippen LogP contribution in [0, 0.1) is 0 Å². The quantitative estimate of drug-likeness (QED) is 0.203. The zero-order chi connectivity index (χ0) is 18.8. The van der Waals surface area contributed by atoms with Gasteiger partial charge in [0.25, 0.3) is 0 Å². The molecule has 0 bridgehead atoms. The normalized spacial score (nSPS) is 16.7. The molecule has 0 fully saturated rings. The van der Waals surface area contributed by atoms with Crippen LogP contribution in [0.4, 0.5) is 0 Å². The molecular weight excluding hydrogens is 452 g/mol. The van der Waals surface area contributed by atoms with Crippen LogP contribution in [0.25, 0.3) is 0 Å². The number of allylic oxidation sites excluding steroid dienone is 4. The van der Waals surface area contributed by atoms with Crippen LogP contribution in [0.15, 0.2) is 21.5 Å². The van der Waals surface area contributed by atoms with E-state index in [1.807, 2.05) is 0 Å². The Balaban J connectivity index is 3.35. The molecule has 147 valence electrons. The molecule has 0 saturated heterocycles. The van der Waals surface area contributed by atoms with E-state index in [2.05, 4.69) is 56.3 Å². The second kappa shape index (κ2) is 11.0. The number of hydrogen-bond donors (Lipinski definition) is 0. The number of unbranched alkanes of at least 4 members (excludes halogenated alkanes) is 3. The maximum absolute atomic E-state index is 6.94. The van der Waals surface area contributed by atoms with E-state index in [0.29, 0.717) is 0 Å². The van der Waals surface area contributed by atoms with Gasteiger partial charge in [0.1, 0.15) is 0 Å². The zero-order valence-electron chi connectivity index (χ0n) is 17.5. The minimum atomic E-state index is -4.40. The van der Waals surface area contributed by atoms with Gasteiger partial charge in [-0.25, -0.2) is 0 Å². The van der Waals surface area contributed by atoms with Crippen molar-refractivity contribution in [2.45, 2.75) is 83.0 Å². The molecule has 0 aromatic heterocycles. The van der Waals surface area contributed by atoms with Gasteiger partial charge in [-0.05, 0) is 0 Å². The molecule has 0 N–H and O–H groups in total. The van der Waals surface area contributed by atoms with E-state index < -0.39 is 27.1 Å². The molecule has 0 radical (unpaired) electrons. The molecule has 0 unspecified atom stereocenters. The van der Waals surface area contributed by atoms with Crippen LogP contribution >= 0.6 is 0 Å². The summed E-state index contributed by atoms with van der Waals surface area (Å²) in [4.78, 5) is 0. The molecule has 1 aliphatic carbocycles. The molecule has 1 aliphatic rings. The van der Waals surface area contributed by atoms with Gasteiger partial charge in [-0.1, -0.05) is 0 Å². The summed E-state index contributed by atoms with van der Waals surface area (Å²) in [6.45, 7) is 8.99. The molecule has 3 nitrogen and oxygen atoms in total. The summed E-state index contributed by atoms with van der Waals surface area (Å²) in [6.07, 6.45) is 14.3. The van der Waals surface area contributed by atoms with E-state index in [1.165, 1.54) is 3.28 Å². The first-order valence-corrected chi connectivity index (χ1v) is 28.3. The molecule has 0 spiro atoms. The van der Waals surface area contributed by atoms with Crippen LogP contribution in [0.5, 0.6) is 0 Å². The van der Waals surface area contributed by atoms with E-state index in [9.17, 15) is 0 Å². The van der Waals surface area contributed by atoms with Crippen LogP contribution in [0.3, 0.4) is 0 Å². The van der Waals surface area contributed by atoms with Crippen molar-refractivity contribution in [3.63, 3.8) is 0 Å². The van der Waals surface area contributed by atoms with Crippen molar-refractivity contribution in [3.05, 3.63) is 21.5 Å². The molecule has 1 rings (SSSR count). The maximum atomic E-state index is 6.94. The SMILES string of the molecule is CCCC[O][Zr]([O]CCCC)([O]CCCC)([C]1=CC=CC1)[Ge]([CH3])([CH3])[CH3]. The molecule has 0 saturated carbocycles. The molecule has 0 aliphatic heterocycles. The van der Waals surface area contributed by atoms with E-state index in [0.717, 1.165) is 64.8 Å². The van der Waals surface area contributed by atoms with Gasteiger partial charge in [-0.3, -0.25) is 0 Å². The van der Waals surface area contributed by atoms with E-state index in [1.54, 1.807) is 0 Å². The molecule has 0 amide bonds. The van der Waals surface area contributed by atoms with Crippen molar-refractivity contribution < 1.29 is 26.0 Å². The summed E-state index contributed by atoms with van der Waals surface area (Å²) in [6, 6.07) is 0. The van der Waals surface area contributed by atoms with E-state index in [4.69, 9.17) is 8.44 Å². The first-order chi connectivity index (χ1) is 11.9. The number of rotatable bonds is 14. The van der Waals surface area contributed by atoms with Crippen molar-refractivity contribution in [1.82, 2.24) is 0 Å². The molecule has 0 aromatic rings. The molecule has 5 heteroatoms. The Morgan fingerprint density at radius 1 is 0.840 bits per heavy atom. The Bertz CT molecular complexity index is 425. The summed E-state index contributed by atoms with van der Waals surface area (Å²) < 4.78 is 22.2. The van der Waals surface area contributed by atoms with Gasteiger partial charge < -0.3 is 0 Å². The standard InChI is InChI=1S/C5H5.3C4H9O.C3H9Ge.Zr/c1-2-4-5-3-1;3*1-2-3-4-5;1-4(2)3;/h1-3H,4H2;3*2-4H2,1H3;1-3H3;/q;3*-1;;+3. The Morgan fingerprint density at radius 3 is 1.56 bits per heavy atom. The fraction of sp³-hybridized carbons (Fsp3) is 0.800. The van der Waals surface area contributed by atoms with Crippen molar-refractivity contribution in [2.24, 2.45) is 0 Å². The van der Waals surface area contributed by atoms with E-state index in [-0.39, 0.29) is 0 Å². The third-order valence-corrected chi connectivity index (χ3v) is 62.0. The Labute approximate surface area is 159 Å². The van der Waals surface area contributed by atoms with Crippen LogP contribution in [0.2, 0.25) is 17.3 Å². The van der Waals surface area contributed by atoms with Crippen LogP contribution in [-0.4, -0.2) is 29.3 Å². The average Bonchev–Trinajstić information content (AvgIpc) is 3.09. The average molecular weight is 493 g/mol. The van der Waals surface area contributed by atoms with Crippen molar-refractivity contribution in [2.75, 3.05) is 19.8 Å². The summed E-state index contributed by atoms with van der Waals surface area (Å²) in [7, 11) is -2.47. The molecule has 0 atom stereocenters. The fourth-order valence-corrected chi connectivity index (χ4v) is 51.1. The summed E-state index contributed by atoms with van der Waals surface area (Å²) >= 11 is -4.40. The third-order valence-electron chi connectivity index (χ3n) is 5.21. The second-order valence-corrected chi connectivity index (χ2v) is 56.0. The van der Waals surface area contributed by atoms with Crippen molar-refractivity contribution in [1.29, 1.82) is 0 Å². The van der Waals surface area contributed by atoms with Gasteiger partial charge in [0.05, 0.1) is 0 Å². The van der Waals surface area contributed by atoms with Crippen LogP contribution < -0.4 is 0 Å². The number of hydrogen-bond acceptors (Lipinski definition) is 3. The van der Waals surface area contributed by atoms with E-state index >= 15 is 0 Å². The molecule has 0 aromatic carbocycles. The molecular formula is C20H41GeO3Zr. The van der Waals surface area contributed by atoms with Gasteiger partial charge in [0, 0.05) is 0 Å². The van der Waals surface area contributed by atoms with Crippen molar-refractivity contribution in [3.8, 4) is 0 Å². The zero-order valence-corrected chi connectivity index (χ0v) is 22.1.